The number of methoxy groups -OCH3 is 2. The molecule has 2 aromatic rings. The Bertz CT molecular complexity index is 885. The highest BCUT2D eigenvalue weighted by atomic mass is 32.2. The number of aryl methyl sites for hydroxylation is 1. The fourth-order valence-corrected chi connectivity index (χ4v) is 4.65. The van der Waals surface area contributed by atoms with Crippen LogP contribution in [0.2, 0.25) is 0 Å². The number of benzene rings is 1. The van der Waals surface area contributed by atoms with Crippen LogP contribution in [0.5, 0.6) is 11.5 Å². The zero-order valence-corrected chi connectivity index (χ0v) is 16.2. The van der Waals surface area contributed by atoms with Crippen molar-refractivity contribution in [2.24, 2.45) is 0 Å². The quantitative estimate of drug-likeness (QED) is 0.682. The molecule has 0 atom stereocenters. The molecule has 8 heteroatoms. The first-order valence-corrected chi connectivity index (χ1v) is 10.4. The molecule has 0 aliphatic carbocycles. The number of sulfone groups is 1. The molecule has 3 rings (SSSR count). The molecule has 1 aromatic heterocycles. The van der Waals surface area contributed by atoms with Gasteiger partial charge >= 0.3 is 0 Å². The number of rotatable bonds is 8. The highest BCUT2D eigenvalue weighted by molar-refractivity contribution is 7.91. The third kappa shape index (κ3) is 4.44. The van der Waals surface area contributed by atoms with E-state index in [9.17, 15) is 13.2 Å². The van der Waals surface area contributed by atoms with E-state index >= 15 is 0 Å². The van der Waals surface area contributed by atoms with Gasteiger partial charge in [0.25, 0.3) is 0 Å². The smallest absolute Gasteiger partial charge is 0.222 e. The van der Waals surface area contributed by atoms with Gasteiger partial charge in [0.05, 0.1) is 25.7 Å². The predicted octanol–water partition coefficient (Wildman–Crippen LogP) is 2.06. The minimum Gasteiger partial charge on any atom is -0.497 e. The number of furan rings is 1. The van der Waals surface area contributed by atoms with Gasteiger partial charge in [-0.05, 0) is 30.2 Å². The normalized spacial score (nSPS) is 14.7. The monoisotopic (exact) mass is 393 g/mol. The van der Waals surface area contributed by atoms with Gasteiger partial charge in [-0.15, -0.1) is 0 Å². The molecule has 1 fully saturated rings. The summed E-state index contributed by atoms with van der Waals surface area (Å²) in [6.07, 6.45) is 2.27. The van der Waals surface area contributed by atoms with Crippen LogP contribution in [0.1, 0.15) is 17.7 Å². The van der Waals surface area contributed by atoms with Gasteiger partial charge in [0, 0.05) is 25.6 Å². The summed E-state index contributed by atoms with van der Waals surface area (Å²) in [5.41, 5.74) is 0.911. The molecule has 146 valence electrons. The Hall–Kier alpha value is -2.48. The first-order valence-electron chi connectivity index (χ1n) is 8.65. The van der Waals surface area contributed by atoms with E-state index in [1.54, 1.807) is 37.3 Å². The van der Waals surface area contributed by atoms with Crippen LogP contribution in [0.15, 0.2) is 41.0 Å². The minimum atomic E-state index is -3.32. The Kier molecular flexibility index (Phi) is 5.74. The zero-order valence-electron chi connectivity index (χ0n) is 15.4. The zero-order chi connectivity index (χ0) is 19.4. The van der Waals surface area contributed by atoms with Crippen molar-refractivity contribution in [2.45, 2.75) is 23.8 Å². The van der Waals surface area contributed by atoms with E-state index < -0.39 is 15.1 Å². The van der Waals surface area contributed by atoms with Crippen molar-refractivity contribution in [1.82, 2.24) is 4.90 Å². The lowest BCUT2D eigenvalue weighted by molar-refractivity contribution is -0.134. The molecule has 7 nitrogen and oxygen atoms in total. The number of hydrogen-bond acceptors (Lipinski definition) is 6. The van der Waals surface area contributed by atoms with Crippen molar-refractivity contribution in [3.05, 3.63) is 47.9 Å². The molecule has 0 bridgehead atoms. The van der Waals surface area contributed by atoms with Crippen molar-refractivity contribution >= 4 is 15.7 Å². The van der Waals surface area contributed by atoms with Gasteiger partial charge < -0.3 is 18.8 Å². The van der Waals surface area contributed by atoms with Crippen molar-refractivity contribution in [3.8, 4) is 11.5 Å². The van der Waals surface area contributed by atoms with E-state index in [4.69, 9.17) is 13.9 Å². The van der Waals surface area contributed by atoms with E-state index in [0.717, 1.165) is 5.56 Å². The summed E-state index contributed by atoms with van der Waals surface area (Å²) >= 11 is 0. The average Bonchev–Trinajstić information content (AvgIpc) is 3.10. The highest BCUT2D eigenvalue weighted by Gasteiger charge is 2.39. The molecule has 0 radical (unpaired) electrons. The fourth-order valence-electron chi connectivity index (χ4n) is 3.04. The van der Waals surface area contributed by atoms with E-state index in [-0.39, 0.29) is 24.7 Å². The topological polar surface area (TPSA) is 86.0 Å². The number of carbonyl (C=O) groups excluding carboxylic acids is 1. The Labute approximate surface area is 158 Å². The molecule has 1 aliphatic heterocycles. The molecule has 1 aliphatic rings. The average molecular weight is 393 g/mol. The molecule has 0 saturated carbocycles. The molecule has 27 heavy (non-hydrogen) atoms. The van der Waals surface area contributed by atoms with Gasteiger partial charge in [0.2, 0.25) is 5.91 Å². The largest absolute Gasteiger partial charge is 0.497 e. The second-order valence-corrected chi connectivity index (χ2v) is 8.77. The van der Waals surface area contributed by atoms with Crippen molar-refractivity contribution < 1.29 is 27.1 Å². The highest BCUT2D eigenvalue weighted by Crippen LogP contribution is 2.27. The standard InChI is InChI=1S/C19H23NO6S/c1-24-15-7-5-14(18(10-15)25-2)6-8-19(21)20-11-17(12-20)27(22,23)13-16-4-3-9-26-16/h3-5,7,9-10,17H,6,8,11-13H2,1-2H3. The van der Waals surface area contributed by atoms with Crippen LogP contribution in [-0.4, -0.2) is 51.8 Å². The Morgan fingerprint density at radius 1 is 1.22 bits per heavy atom. The lowest BCUT2D eigenvalue weighted by Gasteiger charge is -2.38. The maximum atomic E-state index is 12.4. The molecule has 1 aromatic carbocycles. The maximum Gasteiger partial charge on any atom is 0.222 e. The van der Waals surface area contributed by atoms with Gasteiger partial charge in [-0.1, -0.05) is 6.07 Å². The first-order chi connectivity index (χ1) is 12.9. The molecular weight excluding hydrogens is 370 g/mol. The van der Waals surface area contributed by atoms with Gasteiger partial charge in [0.15, 0.2) is 9.84 Å². The summed E-state index contributed by atoms with van der Waals surface area (Å²) < 4.78 is 40.3. The summed E-state index contributed by atoms with van der Waals surface area (Å²) in [7, 11) is -0.165. The van der Waals surface area contributed by atoms with Gasteiger partial charge in [-0.25, -0.2) is 8.42 Å². The summed E-state index contributed by atoms with van der Waals surface area (Å²) in [4.78, 5) is 13.9. The molecule has 1 saturated heterocycles. The lowest BCUT2D eigenvalue weighted by Crippen LogP contribution is -2.57. The summed E-state index contributed by atoms with van der Waals surface area (Å²) in [5, 5.41) is -0.526. The number of ether oxygens (including phenoxy) is 2. The van der Waals surface area contributed by atoms with Crippen molar-refractivity contribution in [1.29, 1.82) is 0 Å². The third-order valence-corrected chi connectivity index (χ3v) is 6.74. The molecule has 0 N–H and O–H groups in total. The van der Waals surface area contributed by atoms with Crippen LogP contribution >= 0.6 is 0 Å². The maximum absolute atomic E-state index is 12.4. The Morgan fingerprint density at radius 3 is 2.63 bits per heavy atom. The number of amides is 1. The van der Waals surface area contributed by atoms with Crippen LogP contribution in [-0.2, 0) is 26.8 Å². The van der Waals surface area contributed by atoms with E-state index in [2.05, 4.69) is 0 Å². The summed E-state index contributed by atoms with van der Waals surface area (Å²) in [5.74, 6) is 1.60. The van der Waals surface area contributed by atoms with E-state index in [1.807, 2.05) is 12.1 Å². The molecule has 2 heterocycles. The van der Waals surface area contributed by atoms with Gasteiger partial charge in [-0.2, -0.15) is 0 Å². The minimum absolute atomic E-state index is 0.0580. The van der Waals surface area contributed by atoms with Crippen LogP contribution < -0.4 is 9.47 Å². The van der Waals surface area contributed by atoms with E-state index in [0.29, 0.717) is 30.1 Å². The van der Waals surface area contributed by atoms with E-state index in [1.165, 1.54) is 6.26 Å². The van der Waals surface area contributed by atoms with Crippen LogP contribution in [0, 0.1) is 0 Å². The van der Waals surface area contributed by atoms with Gasteiger partial charge in [0.1, 0.15) is 23.0 Å². The Morgan fingerprint density at radius 2 is 2.00 bits per heavy atom. The summed E-state index contributed by atoms with van der Waals surface area (Å²) in [6, 6.07) is 8.78. The number of nitrogens with zero attached hydrogens (tertiary/aromatic N) is 1. The van der Waals surface area contributed by atoms with Crippen LogP contribution in [0.4, 0.5) is 0 Å². The lowest BCUT2D eigenvalue weighted by atomic mass is 10.1. The molecule has 1 amide bonds. The van der Waals surface area contributed by atoms with Crippen LogP contribution in [0.25, 0.3) is 0 Å². The SMILES string of the molecule is COc1ccc(CCC(=O)N2CC(S(=O)(=O)Cc3ccco3)C2)c(OC)c1. The second-order valence-electron chi connectivity index (χ2n) is 6.49. The second kappa shape index (κ2) is 8.04. The molecule has 0 spiro atoms. The van der Waals surface area contributed by atoms with Crippen LogP contribution in [0.3, 0.4) is 0 Å². The number of likely N-dealkylation sites (tertiary alicyclic amines) is 1. The van der Waals surface area contributed by atoms with Crippen molar-refractivity contribution in [3.63, 3.8) is 0 Å². The molecular formula is C19H23NO6S. The third-order valence-electron chi connectivity index (χ3n) is 4.73. The number of carbonyl (C=O) groups is 1. The fraction of sp³-hybridized carbons (Fsp3) is 0.421. The predicted molar refractivity (Wildman–Crippen MR) is 99.6 cm³/mol. The number of hydrogen-bond donors (Lipinski definition) is 0. The molecule has 0 unspecified atom stereocenters. The summed E-state index contributed by atoms with van der Waals surface area (Å²) in [6.45, 7) is 0.475. The first kappa shape index (κ1) is 19.3. The Balaban J connectivity index is 1.51. The van der Waals surface area contributed by atoms with Crippen molar-refractivity contribution in [2.75, 3.05) is 27.3 Å². The van der Waals surface area contributed by atoms with Gasteiger partial charge in [-0.3, -0.25) is 4.79 Å².